The molecular formula is C40H84O8. The highest BCUT2D eigenvalue weighted by atomic mass is 16.9. The van der Waals surface area contributed by atoms with Crippen LogP contribution in [0.1, 0.15) is 179 Å². The van der Waals surface area contributed by atoms with Gasteiger partial charge in [0.05, 0.1) is 12.9 Å². The van der Waals surface area contributed by atoms with Crippen molar-refractivity contribution in [1.29, 1.82) is 0 Å². The summed E-state index contributed by atoms with van der Waals surface area (Å²) in [5.74, 6) is -1.86. The summed E-state index contributed by atoms with van der Waals surface area (Å²) in [6.07, 6.45) is 22.8. The molecule has 0 saturated heterocycles. The van der Waals surface area contributed by atoms with Gasteiger partial charge in [-0.25, -0.2) is 0 Å². The Morgan fingerprint density at radius 3 is 1.25 bits per heavy atom. The van der Waals surface area contributed by atoms with Crippen LogP contribution in [0.5, 0.6) is 0 Å². The molecule has 0 radical (unpaired) electrons. The van der Waals surface area contributed by atoms with Gasteiger partial charge in [-0.15, -0.1) is 0 Å². The van der Waals surface area contributed by atoms with E-state index in [0.29, 0.717) is 46.2 Å². The lowest BCUT2D eigenvalue weighted by Gasteiger charge is -2.38. The maximum atomic E-state index is 5.92. The van der Waals surface area contributed by atoms with Gasteiger partial charge >= 0.3 is 5.97 Å². The molecule has 1 unspecified atom stereocenters. The first kappa shape index (κ1) is 51.6. The van der Waals surface area contributed by atoms with Crippen LogP contribution in [0.15, 0.2) is 12.3 Å². The number of allylic oxidation sites excluding steroid dienone is 1. The molecule has 0 amide bonds. The summed E-state index contributed by atoms with van der Waals surface area (Å²) < 4.78 is 45.6. The van der Waals surface area contributed by atoms with Crippen molar-refractivity contribution in [3.8, 4) is 0 Å². The Labute approximate surface area is 299 Å². The second-order valence-corrected chi connectivity index (χ2v) is 11.6. The van der Waals surface area contributed by atoms with Gasteiger partial charge in [0.25, 0.3) is 5.97 Å². The molecule has 0 aliphatic rings. The van der Waals surface area contributed by atoms with E-state index in [1.165, 1.54) is 70.6 Å². The third-order valence-corrected chi connectivity index (χ3v) is 7.35. The lowest BCUT2D eigenvalue weighted by atomic mass is 10.1. The molecule has 0 aliphatic carbocycles. The Hall–Kier alpha value is -0.740. The summed E-state index contributed by atoms with van der Waals surface area (Å²) in [4.78, 5) is 0. The number of rotatable bonds is 33. The lowest BCUT2D eigenvalue weighted by molar-refractivity contribution is -0.415. The average molecular weight is 693 g/mol. The van der Waals surface area contributed by atoms with Crippen molar-refractivity contribution in [2.24, 2.45) is 0 Å². The number of hydrogen-bond donors (Lipinski definition) is 0. The maximum absolute atomic E-state index is 5.92. The van der Waals surface area contributed by atoms with Gasteiger partial charge in [0.1, 0.15) is 6.10 Å². The Balaban J connectivity index is -0.000000709. The highest BCUT2D eigenvalue weighted by molar-refractivity contribution is 4.73. The molecule has 0 rings (SSSR count). The zero-order valence-electron chi connectivity index (χ0n) is 34.0. The quantitative estimate of drug-likeness (QED) is 0.0382. The first-order chi connectivity index (χ1) is 23.4. The Morgan fingerprint density at radius 1 is 0.458 bits per heavy atom. The number of hydrogen-bond acceptors (Lipinski definition) is 8. The monoisotopic (exact) mass is 693 g/mol. The lowest BCUT2D eigenvalue weighted by Crippen LogP contribution is -2.51. The summed E-state index contributed by atoms with van der Waals surface area (Å²) in [7, 11) is 0. The average Bonchev–Trinajstić information content (AvgIpc) is 3.07. The van der Waals surface area contributed by atoms with E-state index in [0.717, 1.165) is 38.7 Å². The summed E-state index contributed by atoms with van der Waals surface area (Å²) >= 11 is 0. The van der Waals surface area contributed by atoms with Crippen LogP contribution in [-0.4, -0.2) is 70.9 Å². The number of unbranched alkanes of at least 4 members (excludes halogenated alkanes) is 11. The van der Waals surface area contributed by atoms with Crippen LogP contribution in [0, 0.1) is 0 Å². The van der Waals surface area contributed by atoms with Gasteiger partial charge in [0, 0.05) is 52.7 Å². The third-order valence-electron chi connectivity index (χ3n) is 7.35. The Bertz CT molecular complexity index is 582. The SMILES string of the molecule is CC=COCCC.CCCCCCCCC(OCC)C(OCC)(OCC)OCC.CCCCCCCCCC(OCC)(OCC)OCC. The summed E-state index contributed by atoms with van der Waals surface area (Å²) in [5, 5.41) is 0. The van der Waals surface area contributed by atoms with Crippen molar-refractivity contribution in [2.75, 3.05) is 52.9 Å². The van der Waals surface area contributed by atoms with Crippen LogP contribution in [0.25, 0.3) is 0 Å². The van der Waals surface area contributed by atoms with E-state index >= 15 is 0 Å². The molecule has 292 valence electrons. The standard InChI is InChI=1S/C18H38O4.C16H34O3.C6H12O/c1-6-11-12-13-14-15-16-17(19-7-2)18(20-8-3,21-9-4)22-10-5;1-5-9-10-11-12-13-14-15-16(17-6-2,18-7-3)19-8-4;1-3-5-7-6-4-2/h17H,6-16H2,1-5H3;5-15H2,1-4H3;3,5H,4,6H2,1-2H3. The molecule has 48 heavy (non-hydrogen) atoms. The molecule has 8 heteroatoms. The summed E-state index contributed by atoms with van der Waals surface area (Å²) in [5.41, 5.74) is 0. The minimum Gasteiger partial charge on any atom is -0.502 e. The van der Waals surface area contributed by atoms with Crippen LogP contribution >= 0.6 is 0 Å². The first-order valence-corrected chi connectivity index (χ1v) is 20.0. The van der Waals surface area contributed by atoms with Gasteiger partial charge in [-0.1, -0.05) is 104 Å². The fourth-order valence-corrected chi connectivity index (χ4v) is 5.26. The van der Waals surface area contributed by atoms with E-state index in [4.69, 9.17) is 37.9 Å². The van der Waals surface area contributed by atoms with Crippen LogP contribution in [-0.2, 0) is 37.9 Å². The van der Waals surface area contributed by atoms with Crippen LogP contribution in [0.4, 0.5) is 0 Å². The fourth-order valence-electron chi connectivity index (χ4n) is 5.26. The van der Waals surface area contributed by atoms with E-state index in [2.05, 4.69) is 20.8 Å². The topological polar surface area (TPSA) is 73.8 Å². The molecule has 0 fully saturated rings. The van der Waals surface area contributed by atoms with Crippen molar-refractivity contribution in [1.82, 2.24) is 0 Å². The molecule has 1 atom stereocenters. The van der Waals surface area contributed by atoms with Crippen molar-refractivity contribution in [2.45, 2.75) is 197 Å². The minimum absolute atomic E-state index is 0.177. The fraction of sp³-hybridized carbons (Fsp3) is 0.950. The van der Waals surface area contributed by atoms with E-state index in [1.54, 1.807) is 6.26 Å². The van der Waals surface area contributed by atoms with Crippen molar-refractivity contribution < 1.29 is 37.9 Å². The Morgan fingerprint density at radius 2 is 0.875 bits per heavy atom. The van der Waals surface area contributed by atoms with E-state index < -0.39 is 11.9 Å². The smallest absolute Gasteiger partial charge is 0.310 e. The molecule has 0 aromatic rings. The predicted octanol–water partition coefficient (Wildman–Crippen LogP) is 11.7. The highest BCUT2D eigenvalue weighted by Gasteiger charge is 2.42. The largest absolute Gasteiger partial charge is 0.502 e. The Kier molecular flexibility index (Phi) is 43.8. The molecular weight excluding hydrogens is 608 g/mol. The molecule has 0 heterocycles. The predicted molar refractivity (Wildman–Crippen MR) is 202 cm³/mol. The normalized spacial score (nSPS) is 12.4. The molecule has 0 aromatic carbocycles. The third kappa shape index (κ3) is 30.1. The van der Waals surface area contributed by atoms with Crippen molar-refractivity contribution in [3.05, 3.63) is 12.3 Å². The molecule has 0 spiro atoms. The number of ether oxygens (including phenoxy) is 8. The molecule has 0 saturated carbocycles. The van der Waals surface area contributed by atoms with Crippen LogP contribution in [0.3, 0.4) is 0 Å². The second-order valence-electron chi connectivity index (χ2n) is 11.6. The van der Waals surface area contributed by atoms with Gasteiger partial charge in [0.2, 0.25) is 0 Å². The van der Waals surface area contributed by atoms with Gasteiger partial charge in [-0.2, -0.15) is 0 Å². The maximum Gasteiger partial charge on any atom is 0.310 e. The minimum atomic E-state index is -1.06. The van der Waals surface area contributed by atoms with Crippen LogP contribution in [0.2, 0.25) is 0 Å². The molecule has 8 nitrogen and oxygen atoms in total. The van der Waals surface area contributed by atoms with E-state index in [1.807, 2.05) is 61.5 Å². The van der Waals surface area contributed by atoms with Gasteiger partial charge < -0.3 is 37.9 Å². The van der Waals surface area contributed by atoms with E-state index in [-0.39, 0.29) is 6.10 Å². The van der Waals surface area contributed by atoms with Crippen molar-refractivity contribution >= 4 is 0 Å². The highest BCUT2D eigenvalue weighted by Crippen LogP contribution is 2.28. The molecule has 0 bridgehead atoms. The molecule has 0 aliphatic heterocycles. The van der Waals surface area contributed by atoms with Crippen molar-refractivity contribution in [3.63, 3.8) is 0 Å². The first-order valence-electron chi connectivity index (χ1n) is 20.0. The van der Waals surface area contributed by atoms with Gasteiger partial charge in [0.15, 0.2) is 0 Å². The van der Waals surface area contributed by atoms with Gasteiger partial charge in [-0.3, -0.25) is 0 Å². The van der Waals surface area contributed by atoms with E-state index in [9.17, 15) is 0 Å². The molecule has 0 aromatic heterocycles. The van der Waals surface area contributed by atoms with Gasteiger partial charge in [-0.05, 0) is 74.7 Å². The second kappa shape index (κ2) is 40.7. The summed E-state index contributed by atoms with van der Waals surface area (Å²) in [6.45, 7) is 27.3. The zero-order valence-corrected chi connectivity index (χ0v) is 34.0. The zero-order chi connectivity index (χ0) is 36.6. The van der Waals surface area contributed by atoms with Crippen LogP contribution < -0.4 is 0 Å². The molecule has 0 N–H and O–H groups in total. The summed E-state index contributed by atoms with van der Waals surface area (Å²) in [6, 6.07) is 0.